The molecule has 3 heteroatoms. The Hall–Kier alpha value is 0.137. The van der Waals surface area contributed by atoms with E-state index in [0.717, 1.165) is 0 Å². The monoisotopic (exact) mass is 92.0 g/mol. The predicted molar refractivity (Wildman–Crippen MR) is 21.9 cm³/mol. The van der Waals surface area contributed by atoms with E-state index in [1.54, 1.807) is 0 Å². The van der Waals surface area contributed by atoms with Gasteiger partial charge in [-0.1, -0.05) is 0 Å². The van der Waals surface area contributed by atoms with Crippen molar-refractivity contribution in [1.29, 1.82) is 0 Å². The van der Waals surface area contributed by atoms with E-state index in [9.17, 15) is 0 Å². The van der Waals surface area contributed by atoms with Crippen LogP contribution in [-0.2, 0) is 0 Å². The highest BCUT2D eigenvalue weighted by atomic mass is 28.4. The van der Waals surface area contributed by atoms with Gasteiger partial charge in [-0.15, -0.1) is 0 Å². The minimum Gasteiger partial charge on any atom is -0.411 e. The minimum absolute atomic E-state index is 1.44. The minimum atomic E-state index is -2.61. The highest BCUT2D eigenvalue weighted by Crippen LogP contribution is 1.82. The lowest BCUT2D eigenvalue weighted by molar-refractivity contribution is 0.382. The predicted octanol–water partition coefficient (Wildman–Crippen LogP) is -0.327. The highest BCUT2D eigenvalue weighted by molar-refractivity contribution is 6.61. The molecule has 0 rings (SSSR count). The van der Waals surface area contributed by atoms with Gasteiger partial charge in [0.05, 0.1) is 0 Å². The standard InChI is InChI=1S/C2H8O2Si/c1-5(2,3)4/h3-4H,1-2H3. The molecule has 2 N–H and O–H groups in total. The van der Waals surface area contributed by atoms with Crippen LogP contribution in [0.15, 0.2) is 0 Å². The van der Waals surface area contributed by atoms with E-state index in [1.807, 2.05) is 0 Å². The number of rotatable bonds is 0. The summed E-state index contributed by atoms with van der Waals surface area (Å²) in [5.74, 6) is 0. The molecule has 0 aromatic heterocycles. The maximum atomic E-state index is 8.22. The Bertz CT molecular complexity index is 23.1. The lowest BCUT2D eigenvalue weighted by Gasteiger charge is -1.97. The van der Waals surface area contributed by atoms with E-state index in [-0.39, 0.29) is 0 Å². The molecule has 0 aromatic rings. The van der Waals surface area contributed by atoms with Crippen molar-refractivity contribution < 1.29 is 9.59 Å². The van der Waals surface area contributed by atoms with E-state index in [2.05, 4.69) is 0 Å². The summed E-state index contributed by atoms with van der Waals surface area (Å²) in [5.41, 5.74) is 0. The second kappa shape index (κ2) is 1.08. The Morgan fingerprint density at radius 2 is 1.20 bits per heavy atom. The van der Waals surface area contributed by atoms with Gasteiger partial charge in [-0.25, -0.2) is 0 Å². The molecule has 32 valence electrons. The summed E-state index contributed by atoms with van der Waals surface area (Å²) in [6.07, 6.45) is 0. The van der Waals surface area contributed by atoms with Crippen LogP contribution in [0.2, 0.25) is 13.1 Å². The molecule has 0 spiro atoms. The zero-order valence-electron chi connectivity index (χ0n) is 3.39. The first-order valence-electron chi connectivity index (χ1n) is 1.45. The Kier molecular flexibility index (Phi) is 1.11. The maximum Gasteiger partial charge on any atom is 0.326 e. The normalized spacial score (nSPS) is 12.0. The molecule has 0 aliphatic heterocycles. The van der Waals surface area contributed by atoms with Crippen LogP contribution in [0.1, 0.15) is 0 Å². The summed E-state index contributed by atoms with van der Waals surface area (Å²) in [4.78, 5) is 16.4. The van der Waals surface area contributed by atoms with Gasteiger partial charge >= 0.3 is 8.56 Å². The van der Waals surface area contributed by atoms with E-state index >= 15 is 0 Å². The molecule has 0 saturated heterocycles. The van der Waals surface area contributed by atoms with Crippen LogP contribution in [0.5, 0.6) is 0 Å². The highest BCUT2D eigenvalue weighted by Gasteiger charge is 2.08. The van der Waals surface area contributed by atoms with Crippen LogP contribution in [0.3, 0.4) is 0 Å². The zero-order chi connectivity index (χ0) is 4.50. The second-order valence-electron chi connectivity index (χ2n) is 1.49. The number of hydrogen-bond acceptors (Lipinski definition) is 2. The van der Waals surface area contributed by atoms with Gasteiger partial charge in [0.25, 0.3) is 0 Å². The molecule has 0 bridgehead atoms. The quantitative estimate of drug-likeness (QED) is 0.402. The van der Waals surface area contributed by atoms with Gasteiger partial charge in [-0.2, -0.15) is 0 Å². The summed E-state index contributed by atoms with van der Waals surface area (Å²) in [6, 6.07) is 0. The molecular formula is C2H8O2Si. The van der Waals surface area contributed by atoms with E-state index in [1.165, 1.54) is 13.1 Å². The van der Waals surface area contributed by atoms with Crippen molar-refractivity contribution in [2.75, 3.05) is 0 Å². The van der Waals surface area contributed by atoms with Crippen LogP contribution in [0.25, 0.3) is 0 Å². The SMILES string of the molecule is C[Si](C)(O)O. The molecule has 2 nitrogen and oxygen atoms in total. The molecule has 0 amide bonds. The molecule has 5 heavy (non-hydrogen) atoms. The average Bonchev–Trinajstić information content (AvgIpc) is 0.722. The Morgan fingerprint density at radius 3 is 1.20 bits per heavy atom. The molecule has 0 heterocycles. The summed E-state index contributed by atoms with van der Waals surface area (Å²) in [6.45, 7) is 2.88. The third-order valence-corrected chi connectivity index (χ3v) is 0. The van der Waals surface area contributed by atoms with E-state index < -0.39 is 8.56 Å². The fraction of sp³-hybridized carbons (Fsp3) is 1.00. The van der Waals surface area contributed by atoms with Gasteiger partial charge in [0, 0.05) is 0 Å². The van der Waals surface area contributed by atoms with Crippen molar-refractivity contribution in [2.24, 2.45) is 0 Å². The van der Waals surface area contributed by atoms with Gasteiger partial charge in [0.15, 0.2) is 0 Å². The van der Waals surface area contributed by atoms with Crippen molar-refractivity contribution in [3.8, 4) is 0 Å². The first kappa shape index (κ1) is 5.14. The Balaban J connectivity index is 3.02. The summed E-state index contributed by atoms with van der Waals surface area (Å²) in [7, 11) is -2.61. The first-order chi connectivity index (χ1) is 2.00. The molecule has 0 aliphatic carbocycles. The molecular weight excluding hydrogens is 84.1 g/mol. The van der Waals surface area contributed by atoms with Crippen molar-refractivity contribution >= 4 is 8.56 Å². The molecule has 0 fully saturated rings. The van der Waals surface area contributed by atoms with Crippen molar-refractivity contribution in [1.82, 2.24) is 0 Å². The van der Waals surface area contributed by atoms with Gasteiger partial charge in [0.2, 0.25) is 0 Å². The van der Waals surface area contributed by atoms with E-state index in [4.69, 9.17) is 9.59 Å². The molecule has 0 unspecified atom stereocenters. The van der Waals surface area contributed by atoms with Crippen LogP contribution in [-0.4, -0.2) is 18.2 Å². The fourth-order valence-electron chi connectivity index (χ4n) is 0. The van der Waals surface area contributed by atoms with E-state index in [0.29, 0.717) is 0 Å². The smallest absolute Gasteiger partial charge is 0.326 e. The summed E-state index contributed by atoms with van der Waals surface area (Å²) in [5, 5.41) is 0. The van der Waals surface area contributed by atoms with Gasteiger partial charge in [0.1, 0.15) is 0 Å². The fourth-order valence-corrected chi connectivity index (χ4v) is 0. The van der Waals surface area contributed by atoms with Gasteiger partial charge in [-0.05, 0) is 13.1 Å². The summed E-state index contributed by atoms with van der Waals surface area (Å²) < 4.78 is 0. The van der Waals surface area contributed by atoms with Crippen LogP contribution >= 0.6 is 0 Å². The molecule has 0 radical (unpaired) electrons. The molecule has 0 saturated carbocycles. The molecule has 0 aliphatic rings. The van der Waals surface area contributed by atoms with Crippen LogP contribution < -0.4 is 0 Å². The lowest BCUT2D eigenvalue weighted by atomic mass is 11.9. The second-order valence-corrected chi connectivity index (χ2v) is 4.48. The van der Waals surface area contributed by atoms with Crippen molar-refractivity contribution in [3.05, 3.63) is 0 Å². The molecule has 0 atom stereocenters. The average molecular weight is 92.2 g/mol. The van der Waals surface area contributed by atoms with Gasteiger partial charge in [-0.3, -0.25) is 0 Å². The third-order valence-electron chi connectivity index (χ3n) is 0. The van der Waals surface area contributed by atoms with Crippen molar-refractivity contribution in [3.63, 3.8) is 0 Å². The topological polar surface area (TPSA) is 40.5 Å². The number of hydrogen-bond donors (Lipinski definition) is 2. The first-order valence-corrected chi connectivity index (χ1v) is 4.34. The third kappa shape index (κ3) is 1010. The maximum absolute atomic E-state index is 8.22. The Morgan fingerprint density at radius 1 is 1.20 bits per heavy atom. The molecule has 0 aromatic carbocycles. The van der Waals surface area contributed by atoms with Gasteiger partial charge < -0.3 is 9.59 Å². The van der Waals surface area contributed by atoms with Crippen molar-refractivity contribution in [2.45, 2.75) is 13.1 Å². The zero-order valence-corrected chi connectivity index (χ0v) is 4.39. The van der Waals surface area contributed by atoms with Crippen LogP contribution in [0, 0.1) is 0 Å². The van der Waals surface area contributed by atoms with Crippen LogP contribution in [0.4, 0.5) is 0 Å². The summed E-state index contributed by atoms with van der Waals surface area (Å²) >= 11 is 0. The lowest BCUT2D eigenvalue weighted by Crippen LogP contribution is -2.23. The largest absolute Gasteiger partial charge is 0.411 e. The Labute approximate surface area is 32.3 Å².